The third-order valence-corrected chi connectivity index (χ3v) is 1.97. The summed E-state index contributed by atoms with van der Waals surface area (Å²) in [5, 5.41) is 8.97. The number of halogens is 1. The highest BCUT2D eigenvalue weighted by Gasteiger charge is 1.90. The summed E-state index contributed by atoms with van der Waals surface area (Å²) in [6.45, 7) is 0. The summed E-state index contributed by atoms with van der Waals surface area (Å²) in [5.41, 5.74) is 5.88. The van der Waals surface area contributed by atoms with E-state index in [0.29, 0.717) is 5.69 Å². The number of anilines is 1. The van der Waals surface area contributed by atoms with Gasteiger partial charge in [0.05, 0.1) is 5.69 Å². The lowest BCUT2D eigenvalue weighted by Crippen LogP contribution is -3.34. The third kappa shape index (κ3) is 1.27. The first kappa shape index (κ1) is 6.67. The lowest BCUT2D eigenvalue weighted by molar-refractivity contribution is -0.326. The van der Waals surface area contributed by atoms with E-state index < -0.39 is 0 Å². The first-order valence-electron chi connectivity index (χ1n) is 2.45. The van der Waals surface area contributed by atoms with Crippen LogP contribution in [0.15, 0.2) is 18.2 Å². The molecule has 0 atom stereocenters. The van der Waals surface area contributed by atoms with Gasteiger partial charge in [-0.2, -0.15) is 3.57 Å². The lowest BCUT2D eigenvalue weighted by atomic mass is 10.3. The molecule has 0 bridgehead atoms. The Kier molecular flexibility index (Phi) is 1.80. The van der Waals surface area contributed by atoms with Crippen molar-refractivity contribution in [3.8, 4) is 5.75 Å². The highest BCUT2D eigenvalue weighted by atomic mass is 127. The van der Waals surface area contributed by atoms with Crippen molar-refractivity contribution in [2.75, 3.05) is 5.73 Å². The minimum absolute atomic E-state index is 0.155. The summed E-state index contributed by atoms with van der Waals surface area (Å²) in [5.74, 6) is 0.155. The van der Waals surface area contributed by atoms with E-state index in [1.807, 2.05) is 6.07 Å². The monoisotopic (exact) mass is 235 g/mol. The van der Waals surface area contributed by atoms with E-state index in [9.17, 15) is 0 Å². The molecule has 3 heteroatoms. The standard InChI is InChI=1S/C6H6INO/c7-4-2-1-3-5(9)6(4)8/h1-3,9H,8H2/q-1. The number of hydrogen-bond acceptors (Lipinski definition) is 2. The average Bonchev–Trinajstić information content (AvgIpc) is 1.83. The van der Waals surface area contributed by atoms with Gasteiger partial charge in [0, 0.05) is 0 Å². The quantitative estimate of drug-likeness (QED) is 0.302. The molecule has 0 heterocycles. The van der Waals surface area contributed by atoms with Crippen LogP contribution < -0.4 is 28.3 Å². The Labute approximate surface area is 66.8 Å². The minimum atomic E-state index is 0.155. The van der Waals surface area contributed by atoms with Crippen LogP contribution in [0.2, 0.25) is 0 Å². The van der Waals surface area contributed by atoms with Crippen molar-refractivity contribution < 1.29 is 27.7 Å². The van der Waals surface area contributed by atoms with Gasteiger partial charge in [-0.1, -0.05) is 12.1 Å². The average molecular weight is 235 g/mol. The molecular weight excluding hydrogens is 229 g/mol. The van der Waals surface area contributed by atoms with Gasteiger partial charge in [-0.15, -0.1) is 0 Å². The van der Waals surface area contributed by atoms with E-state index in [0.717, 1.165) is 3.57 Å². The number of nitrogen functional groups attached to an aromatic ring is 1. The van der Waals surface area contributed by atoms with E-state index in [1.54, 1.807) is 12.1 Å². The van der Waals surface area contributed by atoms with Gasteiger partial charge in [0.15, 0.2) is 0 Å². The minimum Gasteiger partial charge on any atom is -0.756 e. The molecule has 3 N–H and O–H groups in total. The van der Waals surface area contributed by atoms with Crippen LogP contribution >= 0.6 is 0 Å². The van der Waals surface area contributed by atoms with Crippen LogP contribution in [0, 0.1) is 3.57 Å². The predicted molar refractivity (Wildman–Crippen MR) is 31.2 cm³/mol. The summed E-state index contributed by atoms with van der Waals surface area (Å²) >= 11 is 2.06. The third-order valence-electron chi connectivity index (χ3n) is 1.03. The molecule has 0 aliphatic rings. The number of hydrogen-bond donors (Lipinski definition) is 2. The maximum Gasteiger partial charge on any atom is 0.136 e. The first-order chi connectivity index (χ1) is 4.22. The molecular formula is C6H6INO-. The van der Waals surface area contributed by atoms with E-state index in [4.69, 9.17) is 10.8 Å². The Morgan fingerprint density at radius 2 is 2.11 bits per heavy atom. The smallest absolute Gasteiger partial charge is 0.136 e. The zero-order valence-electron chi connectivity index (χ0n) is 4.63. The van der Waals surface area contributed by atoms with Gasteiger partial charge in [-0.25, -0.2) is 0 Å². The Bertz CT molecular complexity index is 204. The van der Waals surface area contributed by atoms with Gasteiger partial charge in [-0.3, -0.25) is 0 Å². The summed E-state index contributed by atoms with van der Waals surface area (Å²) in [4.78, 5) is 0. The van der Waals surface area contributed by atoms with Gasteiger partial charge in [0.25, 0.3) is 0 Å². The van der Waals surface area contributed by atoms with Crippen molar-refractivity contribution in [1.29, 1.82) is 0 Å². The van der Waals surface area contributed by atoms with E-state index in [1.165, 1.54) is 0 Å². The molecule has 0 saturated heterocycles. The molecule has 0 aromatic heterocycles. The lowest BCUT2D eigenvalue weighted by Gasteiger charge is -2.09. The van der Waals surface area contributed by atoms with Crippen LogP contribution in [0.1, 0.15) is 0 Å². The van der Waals surface area contributed by atoms with Crippen LogP contribution in [-0.4, -0.2) is 5.11 Å². The van der Waals surface area contributed by atoms with Gasteiger partial charge in [0.2, 0.25) is 0 Å². The molecule has 9 heavy (non-hydrogen) atoms. The van der Waals surface area contributed by atoms with Crippen molar-refractivity contribution in [1.82, 2.24) is 0 Å². The molecule has 0 fully saturated rings. The molecule has 1 aromatic carbocycles. The number of phenolic OH excluding ortho intramolecular Hbond substituents is 1. The highest BCUT2D eigenvalue weighted by Crippen LogP contribution is 2.16. The van der Waals surface area contributed by atoms with Crippen LogP contribution in [0.3, 0.4) is 0 Å². The Morgan fingerprint density at radius 1 is 1.44 bits per heavy atom. The van der Waals surface area contributed by atoms with E-state index in [2.05, 4.69) is 22.6 Å². The Hall–Kier alpha value is -0.450. The molecule has 1 rings (SSSR count). The van der Waals surface area contributed by atoms with E-state index in [-0.39, 0.29) is 5.75 Å². The Balaban J connectivity index is 3.25. The van der Waals surface area contributed by atoms with Crippen molar-refractivity contribution in [2.24, 2.45) is 0 Å². The number of aromatic hydroxyl groups is 1. The zero-order valence-corrected chi connectivity index (χ0v) is 6.79. The van der Waals surface area contributed by atoms with Gasteiger partial charge < -0.3 is 33.4 Å². The second-order valence-corrected chi connectivity index (χ2v) is 2.83. The molecule has 0 aliphatic carbocycles. The second kappa shape index (κ2) is 2.43. The zero-order chi connectivity index (χ0) is 6.85. The molecule has 1 radical (unpaired) electrons. The van der Waals surface area contributed by atoms with Gasteiger partial charge in [0.1, 0.15) is 5.75 Å². The molecule has 0 unspecified atom stereocenters. The fourth-order valence-electron chi connectivity index (χ4n) is 0.526. The summed E-state index contributed by atoms with van der Waals surface area (Å²) < 4.78 is 0.882. The largest absolute Gasteiger partial charge is 0.756 e. The van der Waals surface area contributed by atoms with Crippen molar-refractivity contribution >= 4 is 5.69 Å². The molecule has 1 aromatic rings. The normalized spacial score (nSPS) is 9.44. The van der Waals surface area contributed by atoms with Crippen LogP contribution in [-0.2, 0) is 0 Å². The van der Waals surface area contributed by atoms with Crippen LogP contribution in [0.4, 0.5) is 5.69 Å². The number of nitrogens with two attached hydrogens (primary N) is 1. The SMILES string of the molecule is Nc1c(O)cccc1[I-]. The highest BCUT2D eigenvalue weighted by molar-refractivity contribution is 5.49. The second-order valence-electron chi connectivity index (χ2n) is 1.67. The molecule has 2 nitrogen and oxygen atoms in total. The fraction of sp³-hybridized carbons (Fsp3) is 0. The summed E-state index contributed by atoms with van der Waals surface area (Å²) in [6.07, 6.45) is 0. The molecule has 0 spiro atoms. The Morgan fingerprint density at radius 3 is 2.56 bits per heavy atom. The van der Waals surface area contributed by atoms with Crippen molar-refractivity contribution in [3.63, 3.8) is 0 Å². The van der Waals surface area contributed by atoms with Gasteiger partial charge >= 0.3 is 0 Å². The number of phenols is 1. The van der Waals surface area contributed by atoms with Gasteiger partial charge in [-0.05, 0) is 6.07 Å². The van der Waals surface area contributed by atoms with Crippen LogP contribution in [0.25, 0.3) is 0 Å². The van der Waals surface area contributed by atoms with Crippen LogP contribution in [0.5, 0.6) is 5.75 Å². The topological polar surface area (TPSA) is 46.2 Å². The number of para-hydroxylation sites is 1. The fourth-order valence-corrected chi connectivity index (χ4v) is 1.01. The molecule has 0 aliphatic heterocycles. The summed E-state index contributed by atoms with van der Waals surface area (Å²) in [7, 11) is 0. The maximum atomic E-state index is 8.97. The van der Waals surface area contributed by atoms with Crippen molar-refractivity contribution in [3.05, 3.63) is 21.8 Å². The number of benzene rings is 1. The van der Waals surface area contributed by atoms with Crippen molar-refractivity contribution in [2.45, 2.75) is 0 Å². The molecule has 49 valence electrons. The molecule has 0 saturated carbocycles. The maximum absolute atomic E-state index is 8.97. The number of rotatable bonds is 0. The summed E-state index contributed by atoms with van der Waals surface area (Å²) in [6, 6.07) is 5.17. The predicted octanol–water partition coefficient (Wildman–Crippen LogP) is -2.30. The van der Waals surface area contributed by atoms with E-state index >= 15 is 0 Å². The first-order valence-corrected chi connectivity index (χ1v) is 3.52. The molecule has 0 amide bonds.